The Morgan fingerprint density at radius 3 is 2.33 bits per heavy atom. The first-order valence-electron chi connectivity index (χ1n) is 7.37. The smallest absolute Gasteiger partial charge is 0.317 e. The molecule has 2 aliphatic rings. The normalized spacial score (nSPS) is 24.9. The molecule has 1 heterocycles. The van der Waals surface area contributed by atoms with Crippen LogP contribution in [0.5, 0.6) is 0 Å². The molecular weight excluding hydrogens is 226 g/mol. The molecule has 0 aromatic rings. The van der Waals surface area contributed by atoms with Crippen molar-refractivity contribution in [1.82, 2.24) is 15.5 Å². The van der Waals surface area contributed by atoms with E-state index in [1.165, 1.54) is 19.3 Å². The summed E-state index contributed by atoms with van der Waals surface area (Å²) in [6.45, 7) is 3.98. The lowest BCUT2D eigenvalue weighted by atomic mass is 9.90. The lowest BCUT2D eigenvalue weighted by Gasteiger charge is -2.39. The van der Waals surface area contributed by atoms with E-state index in [4.69, 9.17) is 0 Å². The van der Waals surface area contributed by atoms with Crippen molar-refractivity contribution in [3.8, 4) is 0 Å². The van der Waals surface area contributed by atoms with Gasteiger partial charge in [0.2, 0.25) is 0 Å². The van der Waals surface area contributed by atoms with Crippen molar-refractivity contribution >= 4 is 6.03 Å². The second-order valence-corrected chi connectivity index (χ2v) is 6.08. The first-order chi connectivity index (χ1) is 8.63. The highest BCUT2D eigenvalue weighted by Gasteiger charge is 2.30. The molecule has 1 saturated carbocycles. The molecule has 0 aromatic carbocycles. The fourth-order valence-electron chi connectivity index (χ4n) is 2.97. The molecule has 4 nitrogen and oxygen atoms in total. The van der Waals surface area contributed by atoms with Gasteiger partial charge >= 0.3 is 6.03 Å². The number of rotatable bonds is 2. The lowest BCUT2D eigenvalue weighted by Crippen LogP contribution is -2.54. The molecule has 0 atom stereocenters. The number of likely N-dealkylation sites (tertiary alicyclic amines) is 1. The molecule has 2 N–H and O–H groups in total. The van der Waals surface area contributed by atoms with E-state index in [2.05, 4.69) is 17.6 Å². The summed E-state index contributed by atoms with van der Waals surface area (Å²) in [6.07, 6.45) is 8.27. The second kappa shape index (κ2) is 5.91. The SMILES string of the molecule is CNC1(C)CCN(C(=O)NC2CCCCC2)CC1. The van der Waals surface area contributed by atoms with Gasteiger partial charge in [-0.2, -0.15) is 0 Å². The molecule has 2 amide bonds. The van der Waals surface area contributed by atoms with Crippen LogP contribution in [0.1, 0.15) is 51.9 Å². The number of urea groups is 1. The highest BCUT2D eigenvalue weighted by Crippen LogP contribution is 2.22. The largest absolute Gasteiger partial charge is 0.335 e. The molecule has 2 rings (SSSR count). The molecule has 0 bridgehead atoms. The standard InChI is InChI=1S/C14H27N3O/c1-14(15-2)8-10-17(11-9-14)13(18)16-12-6-4-3-5-7-12/h12,15H,3-11H2,1-2H3,(H,16,18). The van der Waals surface area contributed by atoms with Crippen molar-refractivity contribution in [1.29, 1.82) is 0 Å². The van der Waals surface area contributed by atoms with E-state index in [0.29, 0.717) is 6.04 Å². The van der Waals surface area contributed by atoms with Crippen LogP contribution in [-0.4, -0.2) is 42.6 Å². The minimum Gasteiger partial charge on any atom is -0.335 e. The third-order valence-electron chi connectivity index (χ3n) is 4.69. The van der Waals surface area contributed by atoms with E-state index in [1.54, 1.807) is 0 Å². The summed E-state index contributed by atoms with van der Waals surface area (Å²) < 4.78 is 0. The van der Waals surface area contributed by atoms with Crippen LogP contribution in [-0.2, 0) is 0 Å². The van der Waals surface area contributed by atoms with E-state index in [9.17, 15) is 4.79 Å². The summed E-state index contributed by atoms with van der Waals surface area (Å²) in [7, 11) is 2.01. The number of nitrogens with zero attached hydrogens (tertiary/aromatic N) is 1. The van der Waals surface area contributed by atoms with Crippen LogP contribution in [0, 0.1) is 0 Å². The van der Waals surface area contributed by atoms with Crippen molar-refractivity contribution < 1.29 is 4.79 Å². The third-order valence-corrected chi connectivity index (χ3v) is 4.69. The molecule has 0 radical (unpaired) electrons. The quantitative estimate of drug-likeness (QED) is 0.791. The molecule has 0 spiro atoms. The van der Waals surface area contributed by atoms with Gasteiger partial charge in [0.15, 0.2) is 0 Å². The molecular formula is C14H27N3O. The minimum absolute atomic E-state index is 0.153. The number of hydrogen-bond acceptors (Lipinski definition) is 2. The molecule has 0 aromatic heterocycles. The summed E-state index contributed by atoms with van der Waals surface area (Å²) >= 11 is 0. The van der Waals surface area contributed by atoms with Gasteiger partial charge in [-0.25, -0.2) is 4.79 Å². The summed E-state index contributed by atoms with van der Waals surface area (Å²) in [4.78, 5) is 14.1. The fraction of sp³-hybridized carbons (Fsp3) is 0.929. The van der Waals surface area contributed by atoms with Crippen LogP contribution >= 0.6 is 0 Å². The van der Waals surface area contributed by atoms with Gasteiger partial charge in [-0.05, 0) is 39.7 Å². The Morgan fingerprint density at radius 2 is 1.78 bits per heavy atom. The highest BCUT2D eigenvalue weighted by molar-refractivity contribution is 5.74. The van der Waals surface area contributed by atoms with Gasteiger partial charge in [0, 0.05) is 24.7 Å². The van der Waals surface area contributed by atoms with E-state index in [0.717, 1.165) is 38.8 Å². The van der Waals surface area contributed by atoms with Crippen molar-refractivity contribution in [3.05, 3.63) is 0 Å². The maximum absolute atomic E-state index is 12.2. The Balaban J connectivity index is 1.76. The molecule has 0 unspecified atom stereocenters. The molecule has 104 valence electrons. The van der Waals surface area contributed by atoms with Crippen LogP contribution in [0.15, 0.2) is 0 Å². The molecule has 4 heteroatoms. The first kappa shape index (κ1) is 13.7. The van der Waals surface area contributed by atoms with Crippen LogP contribution in [0.25, 0.3) is 0 Å². The topological polar surface area (TPSA) is 44.4 Å². The predicted octanol–water partition coefficient (Wildman–Crippen LogP) is 2.10. The van der Waals surface area contributed by atoms with Gasteiger partial charge in [-0.3, -0.25) is 0 Å². The zero-order valence-corrected chi connectivity index (χ0v) is 11.8. The number of carbonyl (C=O) groups is 1. The Labute approximate surface area is 110 Å². The lowest BCUT2D eigenvalue weighted by molar-refractivity contribution is 0.149. The molecule has 2 fully saturated rings. The Hall–Kier alpha value is -0.770. The maximum atomic E-state index is 12.2. The monoisotopic (exact) mass is 253 g/mol. The van der Waals surface area contributed by atoms with Crippen molar-refractivity contribution in [2.75, 3.05) is 20.1 Å². The van der Waals surface area contributed by atoms with Crippen LogP contribution in [0.3, 0.4) is 0 Å². The van der Waals surface area contributed by atoms with Crippen molar-refractivity contribution in [2.45, 2.75) is 63.5 Å². The average Bonchev–Trinajstić information content (AvgIpc) is 2.40. The van der Waals surface area contributed by atoms with Crippen LogP contribution in [0.2, 0.25) is 0 Å². The third kappa shape index (κ3) is 3.37. The minimum atomic E-state index is 0.153. The van der Waals surface area contributed by atoms with Gasteiger partial charge in [0.25, 0.3) is 0 Å². The van der Waals surface area contributed by atoms with E-state index >= 15 is 0 Å². The van der Waals surface area contributed by atoms with Crippen molar-refractivity contribution in [2.24, 2.45) is 0 Å². The average molecular weight is 253 g/mol. The Bertz CT molecular complexity index is 279. The van der Waals surface area contributed by atoms with E-state index < -0.39 is 0 Å². The summed E-state index contributed by atoms with van der Waals surface area (Å²) in [6, 6.07) is 0.573. The number of piperidine rings is 1. The summed E-state index contributed by atoms with van der Waals surface area (Å²) in [5.41, 5.74) is 0.210. The zero-order chi connectivity index (χ0) is 13.0. The maximum Gasteiger partial charge on any atom is 0.317 e. The molecule has 1 aliphatic carbocycles. The van der Waals surface area contributed by atoms with Gasteiger partial charge in [0.1, 0.15) is 0 Å². The molecule has 1 aliphatic heterocycles. The van der Waals surface area contributed by atoms with Gasteiger partial charge in [-0.1, -0.05) is 19.3 Å². The van der Waals surface area contributed by atoms with Gasteiger partial charge in [-0.15, -0.1) is 0 Å². The predicted molar refractivity (Wildman–Crippen MR) is 73.7 cm³/mol. The highest BCUT2D eigenvalue weighted by atomic mass is 16.2. The second-order valence-electron chi connectivity index (χ2n) is 6.08. The summed E-state index contributed by atoms with van der Waals surface area (Å²) in [5.74, 6) is 0. The molecule has 18 heavy (non-hydrogen) atoms. The Morgan fingerprint density at radius 1 is 1.17 bits per heavy atom. The molecule has 1 saturated heterocycles. The number of nitrogens with one attached hydrogen (secondary N) is 2. The van der Waals surface area contributed by atoms with Crippen LogP contribution < -0.4 is 10.6 Å². The van der Waals surface area contributed by atoms with E-state index in [-0.39, 0.29) is 11.6 Å². The number of hydrogen-bond donors (Lipinski definition) is 2. The fourth-order valence-corrected chi connectivity index (χ4v) is 2.97. The number of carbonyl (C=O) groups excluding carboxylic acids is 1. The van der Waals surface area contributed by atoms with Gasteiger partial charge in [0.05, 0.1) is 0 Å². The first-order valence-corrected chi connectivity index (χ1v) is 7.37. The van der Waals surface area contributed by atoms with Crippen molar-refractivity contribution in [3.63, 3.8) is 0 Å². The Kier molecular flexibility index (Phi) is 4.49. The number of amides is 2. The summed E-state index contributed by atoms with van der Waals surface area (Å²) in [5, 5.41) is 6.56. The van der Waals surface area contributed by atoms with Crippen LogP contribution in [0.4, 0.5) is 4.79 Å². The zero-order valence-electron chi connectivity index (χ0n) is 11.8. The van der Waals surface area contributed by atoms with Gasteiger partial charge < -0.3 is 15.5 Å². The van der Waals surface area contributed by atoms with E-state index in [1.807, 2.05) is 11.9 Å².